The summed E-state index contributed by atoms with van der Waals surface area (Å²) < 4.78 is 0. The SMILES string of the molecule is CCc1cnc(CCNC(=NCC(=O)N(C)C)NC2CCCCC2C)s1. The number of amides is 1. The minimum absolute atomic E-state index is 0.00954. The van der Waals surface area contributed by atoms with Crippen LogP contribution in [-0.2, 0) is 17.6 Å². The van der Waals surface area contributed by atoms with Crippen molar-refractivity contribution in [2.45, 2.75) is 58.4 Å². The molecule has 1 aromatic rings. The third kappa shape index (κ3) is 6.59. The Labute approximate surface area is 161 Å². The first-order valence-electron chi connectivity index (χ1n) is 9.68. The number of guanidine groups is 1. The van der Waals surface area contributed by atoms with Gasteiger partial charge in [0.2, 0.25) is 5.91 Å². The summed E-state index contributed by atoms with van der Waals surface area (Å²) in [6.45, 7) is 5.37. The van der Waals surface area contributed by atoms with Gasteiger partial charge >= 0.3 is 0 Å². The molecule has 2 N–H and O–H groups in total. The van der Waals surface area contributed by atoms with Crippen LogP contribution in [0.4, 0.5) is 0 Å². The average Bonchev–Trinajstić information content (AvgIpc) is 3.08. The number of thiazole rings is 1. The molecule has 6 nitrogen and oxygen atoms in total. The number of carbonyl (C=O) groups is 1. The largest absolute Gasteiger partial charge is 0.356 e. The lowest BCUT2D eigenvalue weighted by Gasteiger charge is -2.31. The Bertz CT molecular complexity index is 599. The summed E-state index contributed by atoms with van der Waals surface area (Å²) >= 11 is 1.77. The molecule has 7 heteroatoms. The normalized spacial score (nSPS) is 20.7. The van der Waals surface area contributed by atoms with Gasteiger partial charge in [0.25, 0.3) is 0 Å². The molecule has 2 atom stereocenters. The van der Waals surface area contributed by atoms with Crippen molar-refractivity contribution in [2.75, 3.05) is 27.2 Å². The standard InChI is InChI=1S/C19H33N5OS/c1-5-15-12-21-17(26-15)10-11-20-19(22-13-18(25)24(3)4)23-16-9-7-6-8-14(16)2/h12,14,16H,5-11,13H2,1-4H3,(H2,20,22,23). The molecule has 2 unspecified atom stereocenters. The number of aromatic nitrogens is 1. The first-order valence-corrected chi connectivity index (χ1v) is 10.5. The van der Waals surface area contributed by atoms with Crippen LogP contribution in [0.3, 0.4) is 0 Å². The highest BCUT2D eigenvalue weighted by molar-refractivity contribution is 7.11. The van der Waals surface area contributed by atoms with E-state index in [1.165, 1.54) is 24.1 Å². The maximum Gasteiger partial charge on any atom is 0.243 e. The van der Waals surface area contributed by atoms with Gasteiger partial charge in [-0.3, -0.25) is 4.79 Å². The van der Waals surface area contributed by atoms with Crippen LogP contribution in [0.1, 0.15) is 49.4 Å². The second kappa shape index (κ2) is 10.5. The van der Waals surface area contributed by atoms with Gasteiger partial charge in [0.1, 0.15) is 6.54 Å². The van der Waals surface area contributed by atoms with Crippen LogP contribution in [0.5, 0.6) is 0 Å². The van der Waals surface area contributed by atoms with Gasteiger partial charge < -0.3 is 15.5 Å². The van der Waals surface area contributed by atoms with Crippen LogP contribution in [0, 0.1) is 5.92 Å². The highest BCUT2D eigenvalue weighted by Gasteiger charge is 2.22. The number of hydrogen-bond acceptors (Lipinski definition) is 4. The molecule has 0 aromatic carbocycles. The number of nitrogens with zero attached hydrogens (tertiary/aromatic N) is 3. The van der Waals surface area contributed by atoms with Gasteiger partial charge in [0.05, 0.1) is 5.01 Å². The number of nitrogens with one attached hydrogen (secondary N) is 2. The van der Waals surface area contributed by atoms with Crippen molar-refractivity contribution < 1.29 is 4.79 Å². The fourth-order valence-electron chi connectivity index (χ4n) is 3.06. The van der Waals surface area contributed by atoms with Gasteiger partial charge in [-0.2, -0.15) is 0 Å². The Hall–Kier alpha value is -1.63. The van der Waals surface area contributed by atoms with Crippen molar-refractivity contribution >= 4 is 23.2 Å². The predicted molar refractivity (Wildman–Crippen MR) is 109 cm³/mol. The molecule has 1 aliphatic carbocycles. The molecule has 0 bridgehead atoms. The topological polar surface area (TPSA) is 69.6 Å². The molecule has 0 spiro atoms. The van der Waals surface area contributed by atoms with E-state index in [9.17, 15) is 4.79 Å². The zero-order valence-corrected chi connectivity index (χ0v) is 17.4. The fourth-order valence-corrected chi connectivity index (χ4v) is 3.92. The summed E-state index contributed by atoms with van der Waals surface area (Å²) in [7, 11) is 3.52. The molecule has 1 heterocycles. The fraction of sp³-hybridized carbons (Fsp3) is 0.737. The lowest BCUT2D eigenvalue weighted by molar-refractivity contribution is -0.127. The predicted octanol–water partition coefficient (Wildman–Crippen LogP) is 2.45. The number of rotatable bonds is 7. The van der Waals surface area contributed by atoms with Gasteiger partial charge in [-0.1, -0.05) is 26.7 Å². The van der Waals surface area contributed by atoms with Crippen LogP contribution in [0.2, 0.25) is 0 Å². The van der Waals surface area contributed by atoms with Crippen molar-refractivity contribution in [3.8, 4) is 0 Å². The lowest BCUT2D eigenvalue weighted by Crippen LogP contribution is -2.48. The quantitative estimate of drug-likeness (QED) is 0.564. The third-order valence-electron chi connectivity index (χ3n) is 4.89. The van der Waals surface area contributed by atoms with Gasteiger partial charge in [-0.05, 0) is 25.2 Å². The minimum Gasteiger partial charge on any atom is -0.356 e. The van der Waals surface area contributed by atoms with Crippen molar-refractivity contribution in [2.24, 2.45) is 10.9 Å². The summed E-state index contributed by atoms with van der Waals surface area (Å²) in [4.78, 5) is 23.8. The van der Waals surface area contributed by atoms with E-state index >= 15 is 0 Å². The highest BCUT2D eigenvalue weighted by atomic mass is 32.1. The Balaban J connectivity index is 1.92. The molecule has 0 radical (unpaired) electrons. The molecule has 1 amide bonds. The van der Waals surface area contributed by atoms with E-state index < -0.39 is 0 Å². The molecule has 146 valence electrons. The van der Waals surface area contributed by atoms with Crippen LogP contribution >= 0.6 is 11.3 Å². The second-order valence-corrected chi connectivity index (χ2v) is 8.42. The minimum atomic E-state index is 0.00954. The highest BCUT2D eigenvalue weighted by Crippen LogP contribution is 2.23. The van der Waals surface area contributed by atoms with E-state index in [0.29, 0.717) is 12.0 Å². The van der Waals surface area contributed by atoms with E-state index in [-0.39, 0.29) is 12.5 Å². The Kier molecular flexibility index (Phi) is 8.35. The van der Waals surface area contributed by atoms with E-state index in [0.717, 1.165) is 36.8 Å². The Morgan fingerprint density at radius 2 is 2.15 bits per heavy atom. The molecule has 0 aliphatic heterocycles. The Morgan fingerprint density at radius 1 is 1.38 bits per heavy atom. The summed E-state index contributed by atoms with van der Waals surface area (Å²) in [5, 5.41) is 8.09. The first kappa shape index (κ1) is 20.7. The molecule has 0 saturated heterocycles. The molecular formula is C19H33N5OS. The van der Waals surface area contributed by atoms with Gasteiger partial charge in [-0.15, -0.1) is 11.3 Å². The smallest absolute Gasteiger partial charge is 0.243 e. The van der Waals surface area contributed by atoms with E-state index in [1.807, 2.05) is 6.20 Å². The number of hydrogen-bond donors (Lipinski definition) is 2. The van der Waals surface area contributed by atoms with Crippen LogP contribution in [-0.4, -0.2) is 55.0 Å². The van der Waals surface area contributed by atoms with E-state index in [4.69, 9.17) is 0 Å². The monoisotopic (exact) mass is 379 g/mol. The van der Waals surface area contributed by atoms with E-state index in [2.05, 4.69) is 34.5 Å². The molecular weight excluding hydrogens is 346 g/mol. The zero-order valence-electron chi connectivity index (χ0n) is 16.5. The van der Waals surface area contributed by atoms with Gasteiger partial charge in [0.15, 0.2) is 5.96 Å². The summed E-state index contributed by atoms with van der Waals surface area (Å²) in [5.74, 6) is 1.38. The molecule has 26 heavy (non-hydrogen) atoms. The number of likely N-dealkylation sites (N-methyl/N-ethyl adjacent to an activating group) is 1. The molecule has 1 aromatic heterocycles. The van der Waals surface area contributed by atoms with E-state index in [1.54, 1.807) is 30.3 Å². The number of aliphatic imine (C=N–C) groups is 1. The summed E-state index contributed by atoms with van der Waals surface area (Å²) in [6.07, 6.45) is 8.84. The number of aryl methyl sites for hydroxylation is 1. The Morgan fingerprint density at radius 3 is 2.81 bits per heavy atom. The summed E-state index contributed by atoms with van der Waals surface area (Å²) in [6, 6.07) is 0.427. The van der Waals surface area contributed by atoms with Gasteiger partial charge in [-0.25, -0.2) is 9.98 Å². The van der Waals surface area contributed by atoms with Crippen molar-refractivity contribution in [3.63, 3.8) is 0 Å². The molecule has 1 saturated carbocycles. The molecule has 2 rings (SSSR count). The second-order valence-electron chi connectivity index (χ2n) is 7.22. The van der Waals surface area contributed by atoms with Crippen molar-refractivity contribution in [1.82, 2.24) is 20.5 Å². The van der Waals surface area contributed by atoms with Crippen LogP contribution in [0.25, 0.3) is 0 Å². The molecule has 1 aliphatic rings. The molecule has 1 fully saturated rings. The summed E-state index contributed by atoms with van der Waals surface area (Å²) in [5.41, 5.74) is 0. The first-order chi connectivity index (χ1) is 12.5. The number of carbonyl (C=O) groups excluding carboxylic acids is 1. The van der Waals surface area contributed by atoms with Crippen LogP contribution < -0.4 is 10.6 Å². The van der Waals surface area contributed by atoms with Crippen LogP contribution in [0.15, 0.2) is 11.2 Å². The maximum atomic E-state index is 11.9. The maximum absolute atomic E-state index is 11.9. The lowest BCUT2D eigenvalue weighted by atomic mass is 9.86. The van der Waals surface area contributed by atoms with Crippen molar-refractivity contribution in [1.29, 1.82) is 0 Å². The van der Waals surface area contributed by atoms with Gasteiger partial charge in [0, 0.05) is 44.2 Å². The third-order valence-corrected chi connectivity index (χ3v) is 6.09. The zero-order chi connectivity index (χ0) is 18.9. The van der Waals surface area contributed by atoms with Crippen molar-refractivity contribution in [3.05, 3.63) is 16.1 Å². The average molecular weight is 380 g/mol.